The van der Waals surface area contributed by atoms with Crippen LogP contribution in [0.2, 0.25) is 0 Å². The molecule has 0 unspecified atom stereocenters. The summed E-state index contributed by atoms with van der Waals surface area (Å²) in [5.74, 6) is 1.09. The van der Waals surface area contributed by atoms with Crippen molar-refractivity contribution < 1.29 is 9.78 Å². The van der Waals surface area contributed by atoms with E-state index in [2.05, 4.69) is 9.97 Å². The van der Waals surface area contributed by atoms with Gasteiger partial charge in [0.05, 0.1) is 0 Å². The molecule has 1 heterocycles. The molecule has 0 atom stereocenters. The average molecular weight is 125 g/mol. The van der Waals surface area contributed by atoms with Gasteiger partial charge in [-0.2, -0.15) is 0 Å². The Balaban J connectivity index is 0.000000187. The number of hydrogen-bond acceptors (Lipinski definition) is 1. The zero-order chi connectivity index (χ0) is 7.11. The first-order valence-electron chi connectivity index (χ1n) is 2.34. The normalized spacial score (nSPS) is 6.78. The van der Waals surface area contributed by atoms with Gasteiger partial charge in [-0.15, -0.1) is 0 Å². The molecule has 0 spiro atoms. The molecule has 0 saturated heterocycles. The highest BCUT2D eigenvalue weighted by atomic mass is 16.1. The minimum atomic E-state index is 0.500. The van der Waals surface area contributed by atoms with Crippen LogP contribution in [-0.4, -0.2) is 11.1 Å². The molecule has 4 heteroatoms. The Bertz CT molecular complexity index is 174. The van der Waals surface area contributed by atoms with Crippen LogP contribution in [0.4, 0.5) is 0 Å². The second-order valence-electron chi connectivity index (χ2n) is 1.34. The number of nitrogens with zero attached hydrogens (tertiary/aromatic N) is 1. The third-order valence-corrected chi connectivity index (χ3v) is 0.683. The van der Waals surface area contributed by atoms with Crippen molar-refractivity contribution >= 4 is 6.08 Å². The maximum absolute atomic E-state index is 8.24. The van der Waals surface area contributed by atoms with Crippen LogP contribution in [0, 0.1) is 6.92 Å². The van der Waals surface area contributed by atoms with Gasteiger partial charge in [0, 0.05) is 6.92 Å². The van der Waals surface area contributed by atoms with Crippen LogP contribution in [0.15, 0.2) is 12.4 Å². The van der Waals surface area contributed by atoms with Crippen molar-refractivity contribution in [2.24, 2.45) is 0 Å². The SMILES string of the molecule is Cc1[nH]cc[nH+]1.[N-]=C=O. The summed E-state index contributed by atoms with van der Waals surface area (Å²) in [6, 6.07) is 0. The number of imidazole rings is 1. The lowest BCUT2D eigenvalue weighted by molar-refractivity contribution is -0.385. The standard InChI is InChI=1S/C4H6N2.CNO/c1-4-5-2-3-6-4;2-1-3/h2-3H,1H3,(H,5,6);/q;-1/p+1. The van der Waals surface area contributed by atoms with Crippen LogP contribution < -0.4 is 4.98 Å². The number of aromatic amines is 2. The predicted molar refractivity (Wildman–Crippen MR) is 31.1 cm³/mol. The van der Waals surface area contributed by atoms with Gasteiger partial charge in [0.1, 0.15) is 12.4 Å². The third kappa shape index (κ3) is 4.44. The summed E-state index contributed by atoms with van der Waals surface area (Å²) in [6.45, 7) is 1.97. The highest BCUT2D eigenvalue weighted by molar-refractivity contribution is 5.36. The molecule has 0 aliphatic carbocycles. The van der Waals surface area contributed by atoms with E-state index in [4.69, 9.17) is 10.2 Å². The summed E-state index contributed by atoms with van der Waals surface area (Å²) in [5.41, 5.74) is 0. The molecule has 2 N–H and O–H groups in total. The van der Waals surface area contributed by atoms with Crippen LogP contribution in [0.5, 0.6) is 0 Å². The zero-order valence-corrected chi connectivity index (χ0v) is 5.01. The lowest BCUT2D eigenvalue weighted by Crippen LogP contribution is -1.98. The molecule has 0 bridgehead atoms. The molecule has 0 amide bonds. The van der Waals surface area contributed by atoms with E-state index in [1.807, 2.05) is 19.3 Å². The van der Waals surface area contributed by atoms with Gasteiger partial charge in [0.15, 0.2) is 0 Å². The molecule has 0 aliphatic rings. The Kier molecular flexibility index (Phi) is 4.00. The van der Waals surface area contributed by atoms with Gasteiger partial charge < -0.3 is 5.41 Å². The molecule has 0 saturated carbocycles. The van der Waals surface area contributed by atoms with E-state index in [0.717, 1.165) is 5.82 Å². The minimum Gasteiger partial charge on any atom is -0.724 e. The number of nitrogens with one attached hydrogen (secondary N) is 2. The first-order chi connectivity index (χ1) is 4.31. The van der Waals surface area contributed by atoms with Gasteiger partial charge >= 0.3 is 0 Å². The fraction of sp³-hybridized carbons (Fsp3) is 0.200. The van der Waals surface area contributed by atoms with Crippen molar-refractivity contribution in [2.75, 3.05) is 0 Å². The van der Waals surface area contributed by atoms with Crippen molar-refractivity contribution in [1.29, 1.82) is 0 Å². The van der Waals surface area contributed by atoms with E-state index in [-0.39, 0.29) is 0 Å². The second-order valence-corrected chi connectivity index (χ2v) is 1.34. The van der Waals surface area contributed by atoms with Crippen LogP contribution >= 0.6 is 0 Å². The Morgan fingerprint density at radius 3 is 2.56 bits per heavy atom. The van der Waals surface area contributed by atoms with E-state index in [9.17, 15) is 0 Å². The van der Waals surface area contributed by atoms with Crippen LogP contribution in [0.3, 0.4) is 0 Å². The summed E-state index contributed by atoms with van der Waals surface area (Å²) in [6.07, 6.45) is 4.21. The van der Waals surface area contributed by atoms with Crippen molar-refractivity contribution in [1.82, 2.24) is 4.98 Å². The third-order valence-electron chi connectivity index (χ3n) is 0.683. The molecule has 48 valence electrons. The molecule has 0 aromatic carbocycles. The van der Waals surface area contributed by atoms with E-state index >= 15 is 0 Å². The van der Waals surface area contributed by atoms with E-state index in [1.54, 1.807) is 0 Å². The molecule has 1 aromatic heterocycles. The van der Waals surface area contributed by atoms with Crippen LogP contribution in [-0.2, 0) is 4.79 Å². The van der Waals surface area contributed by atoms with Crippen molar-refractivity contribution in [3.05, 3.63) is 23.6 Å². The molecular weight excluding hydrogens is 118 g/mol. The topological polar surface area (TPSA) is 69.3 Å². The fourth-order valence-corrected chi connectivity index (χ4v) is 0.375. The molecule has 0 fully saturated rings. The van der Waals surface area contributed by atoms with Crippen LogP contribution in [0.1, 0.15) is 5.82 Å². The maximum Gasteiger partial charge on any atom is 0.248 e. The first-order valence-corrected chi connectivity index (χ1v) is 2.34. The minimum absolute atomic E-state index is 0.500. The molecule has 1 aromatic rings. The van der Waals surface area contributed by atoms with Crippen molar-refractivity contribution in [3.63, 3.8) is 0 Å². The summed E-state index contributed by atoms with van der Waals surface area (Å²) >= 11 is 0. The van der Waals surface area contributed by atoms with Crippen LogP contribution in [0.25, 0.3) is 5.41 Å². The van der Waals surface area contributed by atoms with Gasteiger partial charge in [0.25, 0.3) is 0 Å². The van der Waals surface area contributed by atoms with Crippen molar-refractivity contribution in [2.45, 2.75) is 6.92 Å². The molecule has 1 rings (SSSR count). The monoisotopic (exact) mass is 125 g/mol. The highest BCUT2D eigenvalue weighted by Gasteiger charge is 1.83. The van der Waals surface area contributed by atoms with Gasteiger partial charge in [-0.25, -0.2) is 9.97 Å². The predicted octanol–water partition coefficient (Wildman–Crippen LogP) is 0.0288. The summed E-state index contributed by atoms with van der Waals surface area (Å²) in [4.78, 5) is 14.1. The van der Waals surface area contributed by atoms with E-state index < -0.39 is 0 Å². The molecule has 9 heavy (non-hydrogen) atoms. The molecular formula is C5H7N3O. The van der Waals surface area contributed by atoms with Gasteiger partial charge in [0.2, 0.25) is 5.82 Å². The first kappa shape index (κ1) is 7.59. The van der Waals surface area contributed by atoms with Crippen molar-refractivity contribution in [3.8, 4) is 0 Å². The van der Waals surface area contributed by atoms with Gasteiger partial charge in [-0.3, -0.25) is 4.79 Å². The number of rotatable bonds is 0. The number of aromatic nitrogens is 2. The number of hydrogen-bond donors (Lipinski definition) is 1. The van der Waals surface area contributed by atoms with E-state index in [0.29, 0.717) is 6.08 Å². The summed E-state index contributed by atoms with van der Waals surface area (Å²) < 4.78 is 0. The quantitative estimate of drug-likeness (QED) is 0.385. The highest BCUT2D eigenvalue weighted by Crippen LogP contribution is 1.70. The van der Waals surface area contributed by atoms with Gasteiger partial charge in [-0.1, -0.05) is 0 Å². The average Bonchev–Trinajstić information content (AvgIpc) is 2.20. The number of carbonyl (C=O) groups excluding carboxylic acids is 1. The smallest absolute Gasteiger partial charge is 0.248 e. The largest absolute Gasteiger partial charge is 0.724 e. The maximum atomic E-state index is 8.24. The summed E-state index contributed by atoms with van der Waals surface area (Å²) in [5, 5.41) is 6.76. The number of H-pyrrole nitrogens is 2. The Hall–Kier alpha value is -1.41. The lowest BCUT2D eigenvalue weighted by Gasteiger charge is -1.59. The Morgan fingerprint density at radius 1 is 1.89 bits per heavy atom. The Morgan fingerprint density at radius 2 is 2.44 bits per heavy atom. The molecule has 0 radical (unpaired) electrons. The molecule has 0 aliphatic heterocycles. The number of isocyanates is 1. The van der Waals surface area contributed by atoms with E-state index in [1.165, 1.54) is 0 Å². The lowest BCUT2D eigenvalue weighted by atomic mass is 10.8. The Labute approximate surface area is 52.4 Å². The number of aryl methyl sites for hydroxylation is 1. The van der Waals surface area contributed by atoms with Gasteiger partial charge in [-0.05, 0) is 6.08 Å². The fourth-order valence-electron chi connectivity index (χ4n) is 0.375. The molecule has 4 nitrogen and oxygen atoms in total. The summed E-state index contributed by atoms with van der Waals surface area (Å²) in [7, 11) is 0. The second kappa shape index (κ2) is 4.74. The zero-order valence-electron chi connectivity index (χ0n) is 5.01.